The standard InChI is InChI=1S/C36H44N2O6S8Si2/c1-23-19-21-25(3)35(53(39-5,40-6)41-7,33-37-27-15-11-13-17-29(27)45-33)31(23)47-49-51-52-50-48-32-24(2)20-22-26(4)36(32,54(42-8,43-9)44-10)34-38-28-16-12-14-18-30(28)46-34/h11-22,25-26H,1-10H3. The first-order valence-electron chi connectivity index (χ1n) is 16.9. The number of allylic oxidation sites excluding steroid dienone is 8. The summed E-state index contributed by atoms with van der Waals surface area (Å²) in [4.78, 5) is 12.7. The van der Waals surface area contributed by atoms with Gasteiger partial charge < -0.3 is 26.6 Å². The van der Waals surface area contributed by atoms with Crippen LogP contribution in [0.2, 0.25) is 0 Å². The van der Waals surface area contributed by atoms with Gasteiger partial charge in [-0.2, -0.15) is 0 Å². The van der Waals surface area contributed by atoms with Crippen molar-refractivity contribution in [3.63, 3.8) is 0 Å². The van der Waals surface area contributed by atoms with Crippen LogP contribution in [0.3, 0.4) is 0 Å². The van der Waals surface area contributed by atoms with E-state index in [1.165, 1.54) is 0 Å². The first kappa shape index (κ1) is 43.1. The molecule has 4 unspecified atom stereocenters. The van der Waals surface area contributed by atoms with Gasteiger partial charge in [-0.15, -0.1) is 22.7 Å². The normalized spacial score (nSPS) is 23.7. The minimum Gasteiger partial charge on any atom is -0.376 e. The van der Waals surface area contributed by atoms with Crippen LogP contribution in [-0.2, 0) is 36.6 Å². The Bertz CT molecular complexity index is 1850. The van der Waals surface area contributed by atoms with E-state index in [-0.39, 0.29) is 11.8 Å². The molecule has 0 bridgehead atoms. The number of rotatable bonds is 17. The van der Waals surface area contributed by atoms with Crippen molar-refractivity contribution in [3.05, 3.63) is 104 Å². The lowest BCUT2D eigenvalue weighted by molar-refractivity contribution is 0.0899. The summed E-state index contributed by atoms with van der Waals surface area (Å²) in [6.45, 7) is 8.73. The van der Waals surface area contributed by atoms with Crippen LogP contribution >= 0.6 is 83.6 Å². The van der Waals surface area contributed by atoms with E-state index in [0.29, 0.717) is 0 Å². The highest BCUT2D eigenvalue weighted by Gasteiger charge is 2.69. The fourth-order valence-electron chi connectivity index (χ4n) is 7.66. The number of fused-ring (bicyclic) bond motifs is 2. The maximum Gasteiger partial charge on any atom is 0.519 e. The smallest absolute Gasteiger partial charge is 0.376 e. The number of hydrogen-bond donors (Lipinski definition) is 0. The molecule has 18 heteroatoms. The molecule has 2 heterocycles. The highest BCUT2D eigenvalue weighted by molar-refractivity contribution is 9.42. The largest absolute Gasteiger partial charge is 0.519 e. The first-order chi connectivity index (χ1) is 26.1. The van der Waals surface area contributed by atoms with Crippen LogP contribution in [0.1, 0.15) is 37.7 Å². The molecular formula is C36H44N2O6S8Si2. The molecule has 0 N–H and O–H groups in total. The third-order valence-corrected chi connectivity index (χ3v) is 31.4. The summed E-state index contributed by atoms with van der Waals surface area (Å²) in [7, 11) is 13.7. The Morgan fingerprint density at radius 1 is 0.556 bits per heavy atom. The van der Waals surface area contributed by atoms with Crippen molar-refractivity contribution in [1.82, 2.24) is 9.97 Å². The first-order valence-corrected chi connectivity index (χ1v) is 29.5. The van der Waals surface area contributed by atoms with Crippen LogP contribution in [0.15, 0.2) is 93.8 Å². The molecule has 4 atom stereocenters. The molecule has 0 aliphatic heterocycles. The number of nitrogens with zero attached hydrogens (tertiary/aromatic N) is 2. The number of para-hydroxylation sites is 2. The summed E-state index contributed by atoms with van der Waals surface area (Å²) >= 11 is 3.37. The van der Waals surface area contributed by atoms with E-state index in [2.05, 4.69) is 88.4 Å². The Morgan fingerprint density at radius 3 is 1.24 bits per heavy atom. The van der Waals surface area contributed by atoms with E-state index in [1.807, 2.05) is 12.1 Å². The van der Waals surface area contributed by atoms with Gasteiger partial charge in [-0.3, -0.25) is 0 Å². The molecule has 2 aliphatic carbocycles. The monoisotopic (exact) mass is 912 g/mol. The quantitative estimate of drug-likeness (QED) is 0.0573. The fourth-order valence-corrected chi connectivity index (χ4v) is 30.8. The Kier molecular flexibility index (Phi) is 14.5. The van der Waals surface area contributed by atoms with Gasteiger partial charge in [0.2, 0.25) is 0 Å². The molecule has 0 fully saturated rings. The molecule has 0 saturated carbocycles. The Morgan fingerprint density at radius 2 is 0.907 bits per heavy atom. The average Bonchev–Trinajstić information content (AvgIpc) is 3.84. The SMILES string of the molecule is CO[Si](OC)(OC)C1(c2nc3ccccc3s2)C(SSSSSSC2=C(C)C=CC(C)C2(c2nc3ccccc3s2)[Si](OC)(OC)OC)=C(C)C=CC1C. The zero-order chi connectivity index (χ0) is 38.7. The molecule has 54 heavy (non-hydrogen) atoms. The van der Waals surface area contributed by atoms with Crippen LogP contribution in [-0.4, -0.2) is 70.2 Å². The molecule has 0 amide bonds. The minimum absolute atomic E-state index is 0.00218. The van der Waals surface area contributed by atoms with Crippen molar-refractivity contribution in [3.8, 4) is 0 Å². The lowest BCUT2D eigenvalue weighted by atomic mass is 9.86. The van der Waals surface area contributed by atoms with Gasteiger partial charge in [0, 0.05) is 52.5 Å². The van der Waals surface area contributed by atoms with Gasteiger partial charge >= 0.3 is 17.6 Å². The Hall–Kier alpha value is -0.526. The van der Waals surface area contributed by atoms with Crippen molar-refractivity contribution < 1.29 is 26.6 Å². The molecule has 6 rings (SSSR count). The van der Waals surface area contributed by atoms with Crippen molar-refractivity contribution in [2.75, 3.05) is 42.7 Å². The van der Waals surface area contributed by atoms with Gasteiger partial charge in [0.05, 0.1) is 20.4 Å². The third kappa shape index (κ3) is 7.04. The van der Waals surface area contributed by atoms with Crippen LogP contribution < -0.4 is 0 Å². The highest BCUT2D eigenvalue weighted by Crippen LogP contribution is 2.65. The van der Waals surface area contributed by atoms with Crippen molar-refractivity contribution in [2.45, 2.75) is 37.8 Å². The molecule has 0 spiro atoms. The number of hydrogen-bond acceptors (Lipinski definition) is 16. The van der Waals surface area contributed by atoms with E-state index < -0.39 is 27.7 Å². The number of benzene rings is 2. The summed E-state index contributed by atoms with van der Waals surface area (Å²) in [5.41, 5.74) is 4.20. The Balaban J connectivity index is 1.28. The minimum atomic E-state index is -3.41. The molecule has 290 valence electrons. The van der Waals surface area contributed by atoms with Gasteiger partial charge in [0.1, 0.15) is 20.1 Å². The topological polar surface area (TPSA) is 81.2 Å². The lowest BCUT2D eigenvalue weighted by Crippen LogP contribution is -2.65. The maximum atomic E-state index is 6.35. The van der Waals surface area contributed by atoms with Crippen molar-refractivity contribution in [1.29, 1.82) is 0 Å². The van der Waals surface area contributed by atoms with Crippen molar-refractivity contribution >= 4 is 122 Å². The van der Waals surface area contributed by atoms with Crippen molar-refractivity contribution in [2.24, 2.45) is 11.8 Å². The molecule has 2 aliphatic rings. The number of thiazole rings is 2. The van der Waals surface area contributed by atoms with E-state index in [0.717, 1.165) is 51.4 Å². The zero-order valence-electron chi connectivity index (χ0n) is 31.7. The van der Waals surface area contributed by atoms with Crippen LogP contribution in [0.25, 0.3) is 20.4 Å². The van der Waals surface area contributed by atoms with Crippen LogP contribution in [0.4, 0.5) is 0 Å². The maximum absolute atomic E-state index is 6.35. The van der Waals surface area contributed by atoms with E-state index in [9.17, 15) is 0 Å². The summed E-state index contributed by atoms with van der Waals surface area (Å²) in [5, 5.41) is 0.406. The second kappa shape index (κ2) is 18.2. The zero-order valence-corrected chi connectivity index (χ0v) is 40.2. The second-order valence-corrected chi connectivity index (χ2v) is 30.2. The predicted molar refractivity (Wildman–Crippen MR) is 244 cm³/mol. The molecule has 8 nitrogen and oxygen atoms in total. The van der Waals surface area contributed by atoms with Gasteiger partial charge in [0.15, 0.2) is 0 Å². The average molecular weight is 913 g/mol. The second-order valence-electron chi connectivity index (χ2n) is 12.7. The van der Waals surface area contributed by atoms with E-state index >= 15 is 0 Å². The summed E-state index contributed by atoms with van der Waals surface area (Å²) in [5.74, 6) is -0.00437. The predicted octanol–water partition coefficient (Wildman–Crippen LogP) is 11.9. The molecule has 0 radical (unpaired) electrons. The fraction of sp³-hybridized carbons (Fsp3) is 0.389. The van der Waals surface area contributed by atoms with Crippen LogP contribution in [0, 0.1) is 11.8 Å². The molecule has 4 aromatic rings. The molecule has 0 saturated heterocycles. The number of aromatic nitrogens is 2. The van der Waals surface area contributed by atoms with Crippen LogP contribution in [0.5, 0.6) is 0 Å². The summed E-state index contributed by atoms with van der Waals surface area (Å²) in [6.07, 6.45) is 8.88. The molecule has 2 aromatic heterocycles. The molecular weight excluding hydrogens is 869 g/mol. The van der Waals surface area contributed by atoms with Gasteiger partial charge in [-0.05, 0) is 122 Å². The Labute approximate surface area is 351 Å². The van der Waals surface area contributed by atoms with Gasteiger partial charge in [-0.1, -0.05) is 62.4 Å². The summed E-state index contributed by atoms with van der Waals surface area (Å²) in [6, 6.07) is 16.5. The van der Waals surface area contributed by atoms with E-state index in [4.69, 9.17) is 36.5 Å². The lowest BCUT2D eigenvalue weighted by Gasteiger charge is -2.48. The highest BCUT2D eigenvalue weighted by atomic mass is 33.9. The third-order valence-electron chi connectivity index (χ3n) is 10.2. The van der Waals surface area contributed by atoms with Gasteiger partial charge in [0.25, 0.3) is 0 Å². The van der Waals surface area contributed by atoms with Gasteiger partial charge in [-0.25, -0.2) is 9.97 Å². The molecule has 2 aromatic carbocycles. The summed E-state index contributed by atoms with van der Waals surface area (Å²) < 4.78 is 40.3. The van der Waals surface area contributed by atoms with E-state index in [1.54, 1.807) is 126 Å².